The van der Waals surface area contributed by atoms with Gasteiger partial charge in [0, 0.05) is 11.8 Å². The Bertz CT molecular complexity index is 597. The Balaban J connectivity index is 2.00. The molecule has 6 heteroatoms. The molecule has 0 radical (unpaired) electrons. The fourth-order valence-corrected chi connectivity index (χ4v) is 2.45. The molecule has 0 aromatic carbocycles. The average molecular weight is 306 g/mol. The molecule has 1 atom stereocenters. The molecule has 2 aromatic heterocycles. The highest BCUT2D eigenvalue weighted by atomic mass is 32.2. The Morgan fingerprint density at radius 2 is 2.33 bits per heavy atom. The molecule has 2 aromatic rings. The maximum atomic E-state index is 12.1. The van der Waals surface area contributed by atoms with Gasteiger partial charge in [-0.05, 0) is 36.9 Å². The smallest absolute Gasteiger partial charge is 0.251 e. The van der Waals surface area contributed by atoms with Gasteiger partial charge in [-0.3, -0.25) is 4.79 Å². The Morgan fingerprint density at radius 1 is 1.52 bits per heavy atom. The summed E-state index contributed by atoms with van der Waals surface area (Å²) in [5.41, 5.74) is -0.719. The first-order valence-electron chi connectivity index (χ1n) is 6.66. The van der Waals surface area contributed by atoms with E-state index in [4.69, 9.17) is 4.42 Å². The van der Waals surface area contributed by atoms with Gasteiger partial charge in [-0.2, -0.15) is 0 Å². The minimum atomic E-state index is -1.24. The number of hydrogen-bond acceptors (Lipinski definition) is 5. The molecule has 1 amide bonds. The van der Waals surface area contributed by atoms with E-state index in [1.165, 1.54) is 6.26 Å². The number of aliphatic hydroxyl groups is 1. The van der Waals surface area contributed by atoms with Gasteiger partial charge < -0.3 is 14.8 Å². The molecule has 2 heterocycles. The van der Waals surface area contributed by atoms with Crippen molar-refractivity contribution in [1.82, 2.24) is 10.3 Å². The number of nitrogens with one attached hydrogen (secondary N) is 1. The lowest BCUT2D eigenvalue weighted by Gasteiger charge is -2.21. The van der Waals surface area contributed by atoms with E-state index < -0.39 is 5.60 Å². The number of rotatable bonds is 6. The summed E-state index contributed by atoms with van der Waals surface area (Å²) in [6.45, 7) is 3.69. The van der Waals surface area contributed by atoms with E-state index in [0.717, 1.165) is 10.8 Å². The van der Waals surface area contributed by atoms with E-state index in [0.29, 0.717) is 11.3 Å². The SMILES string of the molecule is CCSc1cc(C(=O)NCC(C)(O)c2ccco2)ccn1. The number of aromatic nitrogens is 1. The number of nitrogens with zero attached hydrogens (tertiary/aromatic N) is 1. The number of carbonyl (C=O) groups excluding carboxylic acids is 1. The molecule has 0 aliphatic rings. The zero-order valence-corrected chi connectivity index (χ0v) is 12.8. The van der Waals surface area contributed by atoms with Crippen LogP contribution in [0.3, 0.4) is 0 Å². The minimum Gasteiger partial charge on any atom is -0.466 e. The van der Waals surface area contributed by atoms with Crippen LogP contribution in [0.5, 0.6) is 0 Å². The van der Waals surface area contributed by atoms with Crippen molar-refractivity contribution in [3.8, 4) is 0 Å². The molecule has 0 bridgehead atoms. The third kappa shape index (κ3) is 4.09. The minimum absolute atomic E-state index is 0.0674. The summed E-state index contributed by atoms with van der Waals surface area (Å²) < 4.78 is 5.17. The second-order valence-corrected chi connectivity index (χ2v) is 6.03. The third-order valence-electron chi connectivity index (χ3n) is 2.93. The number of furan rings is 1. The molecule has 0 fully saturated rings. The van der Waals surface area contributed by atoms with E-state index in [9.17, 15) is 9.90 Å². The van der Waals surface area contributed by atoms with Crippen molar-refractivity contribution < 1.29 is 14.3 Å². The van der Waals surface area contributed by atoms with Crippen LogP contribution in [-0.2, 0) is 5.60 Å². The standard InChI is InChI=1S/C15H18N2O3S/c1-3-21-13-9-11(6-7-16-13)14(18)17-10-15(2,19)12-5-4-8-20-12/h4-9,19H,3,10H2,1-2H3,(H,17,18). The van der Waals surface area contributed by atoms with Crippen LogP contribution in [0.2, 0.25) is 0 Å². The van der Waals surface area contributed by atoms with Gasteiger partial charge in [0.15, 0.2) is 0 Å². The summed E-state index contributed by atoms with van der Waals surface area (Å²) in [5, 5.41) is 13.8. The molecular formula is C15H18N2O3S. The van der Waals surface area contributed by atoms with Crippen LogP contribution in [0.4, 0.5) is 0 Å². The quantitative estimate of drug-likeness (QED) is 0.802. The third-order valence-corrected chi connectivity index (χ3v) is 3.74. The first-order chi connectivity index (χ1) is 10.0. The van der Waals surface area contributed by atoms with Crippen molar-refractivity contribution in [3.05, 3.63) is 48.0 Å². The van der Waals surface area contributed by atoms with Gasteiger partial charge in [-0.1, -0.05) is 6.92 Å². The van der Waals surface area contributed by atoms with Crippen LogP contribution >= 0.6 is 11.8 Å². The molecule has 0 spiro atoms. The van der Waals surface area contributed by atoms with E-state index in [2.05, 4.69) is 10.3 Å². The fraction of sp³-hybridized carbons (Fsp3) is 0.333. The van der Waals surface area contributed by atoms with Crippen molar-refractivity contribution in [2.24, 2.45) is 0 Å². The van der Waals surface area contributed by atoms with Crippen LogP contribution in [0.1, 0.15) is 30.0 Å². The Morgan fingerprint density at radius 3 is 3.00 bits per heavy atom. The number of amides is 1. The summed E-state index contributed by atoms with van der Waals surface area (Å²) >= 11 is 1.57. The van der Waals surface area contributed by atoms with Gasteiger partial charge in [0.1, 0.15) is 11.4 Å². The van der Waals surface area contributed by atoms with E-state index in [-0.39, 0.29) is 12.5 Å². The Hall–Kier alpha value is -1.79. The molecule has 2 N–H and O–H groups in total. The molecule has 112 valence electrons. The topological polar surface area (TPSA) is 75.4 Å². The zero-order chi connectivity index (χ0) is 15.3. The van der Waals surface area contributed by atoms with Gasteiger partial charge in [-0.25, -0.2) is 4.98 Å². The van der Waals surface area contributed by atoms with Crippen molar-refractivity contribution in [2.45, 2.75) is 24.5 Å². The molecule has 0 aliphatic carbocycles. The van der Waals surface area contributed by atoms with Crippen molar-refractivity contribution in [1.29, 1.82) is 0 Å². The summed E-state index contributed by atoms with van der Waals surface area (Å²) in [5.74, 6) is 1.06. The van der Waals surface area contributed by atoms with E-state index >= 15 is 0 Å². The number of hydrogen-bond donors (Lipinski definition) is 2. The number of carbonyl (C=O) groups is 1. The molecule has 5 nitrogen and oxygen atoms in total. The Labute approximate surface area is 127 Å². The van der Waals surface area contributed by atoms with Crippen molar-refractivity contribution >= 4 is 17.7 Å². The van der Waals surface area contributed by atoms with Crippen molar-refractivity contribution in [2.75, 3.05) is 12.3 Å². The van der Waals surface area contributed by atoms with Crippen LogP contribution in [-0.4, -0.2) is 28.3 Å². The van der Waals surface area contributed by atoms with Crippen LogP contribution in [0.15, 0.2) is 46.2 Å². The average Bonchev–Trinajstić information content (AvgIpc) is 3.00. The first kappa shape index (κ1) is 15.6. The summed E-state index contributed by atoms with van der Waals surface area (Å²) in [7, 11) is 0. The van der Waals surface area contributed by atoms with Gasteiger partial charge in [-0.15, -0.1) is 11.8 Å². The number of thioether (sulfide) groups is 1. The molecule has 0 saturated carbocycles. The summed E-state index contributed by atoms with van der Waals surface area (Å²) in [6.07, 6.45) is 3.10. The first-order valence-corrected chi connectivity index (χ1v) is 7.65. The lowest BCUT2D eigenvalue weighted by atomic mass is 10.0. The fourth-order valence-electron chi connectivity index (χ4n) is 1.80. The Kier molecular flexibility index (Phi) is 5.03. The molecular weight excluding hydrogens is 288 g/mol. The van der Waals surface area contributed by atoms with Gasteiger partial charge in [0.2, 0.25) is 0 Å². The molecule has 0 aliphatic heterocycles. The maximum absolute atomic E-state index is 12.1. The summed E-state index contributed by atoms with van der Waals surface area (Å²) in [4.78, 5) is 16.3. The molecule has 1 unspecified atom stereocenters. The lowest BCUT2D eigenvalue weighted by molar-refractivity contribution is 0.0330. The van der Waals surface area contributed by atoms with Crippen LogP contribution < -0.4 is 5.32 Å². The van der Waals surface area contributed by atoms with E-state index in [1.54, 1.807) is 49.1 Å². The molecule has 0 saturated heterocycles. The van der Waals surface area contributed by atoms with Gasteiger partial charge in [0.25, 0.3) is 5.91 Å². The highest BCUT2D eigenvalue weighted by Crippen LogP contribution is 2.20. The predicted octanol–water partition coefficient (Wildman–Crippen LogP) is 2.42. The maximum Gasteiger partial charge on any atom is 0.251 e. The molecule has 21 heavy (non-hydrogen) atoms. The second kappa shape index (κ2) is 6.78. The van der Waals surface area contributed by atoms with Crippen LogP contribution in [0, 0.1) is 0 Å². The van der Waals surface area contributed by atoms with Gasteiger partial charge >= 0.3 is 0 Å². The predicted molar refractivity (Wildman–Crippen MR) is 81.2 cm³/mol. The lowest BCUT2D eigenvalue weighted by Crippen LogP contribution is -2.38. The zero-order valence-electron chi connectivity index (χ0n) is 12.0. The van der Waals surface area contributed by atoms with Crippen LogP contribution in [0.25, 0.3) is 0 Å². The largest absolute Gasteiger partial charge is 0.466 e. The van der Waals surface area contributed by atoms with E-state index in [1.807, 2.05) is 6.92 Å². The highest BCUT2D eigenvalue weighted by molar-refractivity contribution is 7.99. The number of pyridine rings is 1. The van der Waals surface area contributed by atoms with Crippen molar-refractivity contribution in [3.63, 3.8) is 0 Å². The monoisotopic (exact) mass is 306 g/mol. The van der Waals surface area contributed by atoms with Gasteiger partial charge in [0.05, 0.1) is 17.8 Å². The molecule has 2 rings (SSSR count). The highest BCUT2D eigenvalue weighted by Gasteiger charge is 2.26. The summed E-state index contributed by atoms with van der Waals surface area (Å²) in [6, 6.07) is 6.76. The normalized spacial score (nSPS) is 13.7. The second-order valence-electron chi connectivity index (χ2n) is 4.75.